The Morgan fingerprint density at radius 1 is 1.37 bits per heavy atom. The minimum atomic E-state index is 0.523. The molecule has 2 heterocycles. The van der Waals surface area contributed by atoms with Crippen molar-refractivity contribution in [3.8, 4) is 5.75 Å². The normalized spacial score (nSPS) is 22.1. The molecule has 3 nitrogen and oxygen atoms in total. The number of hydrogen-bond donors (Lipinski definition) is 1. The summed E-state index contributed by atoms with van der Waals surface area (Å²) in [6.45, 7) is 3.35. The van der Waals surface area contributed by atoms with Crippen LogP contribution in [0.25, 0.3) is 0 Å². The summed E-state index contributed by atoms with van der Waals surface area (Å²) in [7, 11) is 0. The first-order valence-corrected chi connectivity index (χ1v) is 7.87. The first-order chi connectivity index (χ1) is 9.33. The molecule has 0 aliphatic carbocycles. The maximum Gasteiger partial charge on any atom is 0.128 e. The van der Waals surface area contributed by atoms with Crippen molar-refractivity contribution in [2.24, 2.45) is 0 Å². The van der Waals surface area contributed by atoms with E-state index in [-0.39, 0.29) is 0 Å². The van der Waals surface area contributed by atoms with Gasteiger partial charge in [0.2, 0.25) is 0 Å². The molecule has 0 aromatic heterocycles. The van der Waals surface area contributed by atoms with E-state index in [2.05, 4.69) is 33.4 Å². The number of piperidine rings is 1. The van der Waals surface area contributed by atoms with Crippen molar-refractivity contribution in [2.75, 3.05) is 19.8 Å². The molecule has 4 heteroatoms. The predicted molar refractivity (Wildman–Crippen MR) is 78.6 cm³/mol. The van der Waals surface area contributed by atoms with Gasteiger partial charge in [-0.2, -0.15) is 0 Å². The second-order valence-corrected chi connectivity index (χ2v) is 6.23. The van der Waals surface area contributed by atoms with Crippen molar-refractivity contribution in [1.29, 1.82) is 0 Å². The molecule has 0 amide bonds. The van der Waals surface area contributed by atoms with Crippen LogP contribution in [0.1, 0.15) is 30.4 Å². The molecule has 2 aliphatic heterocycles. The van der Waals surface area contributed by atoms with Crippen LogP contribution in [-0.4, -0.2) is 25.8 Å². The van der Waals surface area contributed by atoms with Gasteiger partial charge in [-0.15, -0.1) is 0 Å². The summed E-state index contributed by atoms with van der Waals surface area (Å²) in [5, 5.41) is 3.50. The monoisotopic (exact) mass is 325 g/mol. The second-order valence-electron chi connectivity index (χ2n) is 5.31. The topological polar surface area (TPSA) is 30.5 Å². The Morgan fingerprint density at radius 3 is 3.16 bits per heavy atom. The van der Waals surface area contributed by atoms with Crippen molar-refractivity contribution in [1.82, 2.24) is 5.32 Å². The quantitative estimate of drug-likeness (QED) is 0.923. The highest BCUT2D eigenvalue weighted by molar-refractivity contribution is 9.10. The highest BCUT2D eigenvalue weighted by atomic mass is 79.9. The van der Waals surface area contributed by atoms with Gasteiger partial charge in [0.1, 0.15) is 5.75 Å². The number of nitrogens with one attached hydrogen (secondary N) is 1. The van der Waals surface area contributed by atoms with Crippen molar-refractivity contribution < 1.29 is 9.47 Å². The molecule has 1 atom stereocenters. The zero-order valence-corrected chi connectivity index (χ0v) is 12.7. The molecular formula is C15H20BrNO2. The minimum absolute atomic E-state index is 0.523. The maximum absolute atomic E-state index is 5.88. The second kappa shape index (κ2) is 6.25. The summed E-state index contributed by atoms with van der Waals surface area (Å²) in [6, 6.07) is 4.78. The van der Waals surface area contributed by atoms with Gasteiger partial charge < -0.3 is 14.8 Å². The molecule has 3 rings (SSSR count). The van der Waals surface area contributed by atoms with Crippen molar-refractivity contribution in [3.05, 3.63) is 27.7 Å². The standard InChI is InChI=1S/C15H20BrNO2/c16-13-7-11-4-6-19-15(11)12(8-13)9-18-10-14-3-1-2-5-17-14/h7-8,14,17H,1-6,9-10H2. The summed E-state index contributed by atoms with van der Waals surface area (Å²) in [5.41, 5.74) is 2.46. The molecule has 19 heavy (non-hydrogen) atoms. The molecule has 0 spiro atoms. The van der Waals surface area contributed by atoms with Crippen LogP contribution >= 0.6 is 15.9 Å². The van der Waals surface area contributed by atoms with Crippen molar-refractivity contribution in [2.45, 2.75) is 38.3 Å². The van der Waals surface area contributed by atoms with E-state index in [1.807, 2.05) is 0 Å². The Hall–Kier alpha value is -0.580. The Balaban J connectivity index is 1.57. The molecule has 0 bridgehead atoms. The number of hydrogen-bond acceptors (Lipinski definition) is 3. The SMILES string of the molecule is Brc1cc2c(c(COCC3CCCCN3)c1)OCC2. The number of fused-ring (bicyclic) bond motifs is 1. The Kier molecular flexibility index (Phi) is 4.41. The number of rotatable bonds is 4. The molecule has 1 unspecified atom stereocenters. The lowest BCUT2D eigenvalue weighted by Crippen LogP contribution is -2.37. The molecule has 1 aromatic carbocycles. The minimum Gasteiger partial charge on any atom is -0.493 e. The van der Waals surface area contributed by atoms with Crippen LogP contribution in [0.3, 0.4) is 0 Å². The smallest absolute Gasteiger partial charge is 0.128 e. The van der Waals surface area contributed by atoms with Crippen LogP contribution in [0.4, 0.5) is 0 Å². The van der Waals surface area contributed by atoms with Crippen molar-refractivity contribution >= 4 is 15.9 Å². The van der Waals surface area contributed by atoms with Gasteiger partial charge in [-0.05, 0) is 37.1 Å². The van der Waals surface area contributed by atoms with Gasteiger partial charge in [0.15, 0.2) is 0 Å². The molecule has 1 saturated heterocycles. The highest BCUT2D eigenvalue weighted by Gasteiger charge is 2.18. The molecule has 1 aromatic rings. The fourth-order valence-electron chi connectivity index (χ4n) is 2.83. The molecular weight excluding hydrogens is 306 g/mol. The van der Waals surface area contributed by atoms with E-state index in [4.69, 9.17) is 9.47 Å². The highest BCUT2D eigenvalue weighted by Crippen LogP contribution is 2.33. The zero-order chi connectivity index (χ0) is 13.1. The summed E-state index contributed by atoms with van der Waals surface area (Å²) in [5.74, 6) is 1.04. The fraction of sp³-hybridized carbons (Fsp3) is 0.600. The Bertz CT molecular complexity index is 444. The maximum atomic E-state index is 5.88. The summed E-state index contributed by atoms with van der Waals surface area (Å²) >= 11 is 3.56. The third-order valence-corrected chi connectivity index (χ3v) is 4.27. The molecule has 0 radical (unpaired) electrons. The van der Waals surface area contributed by atoms with Gasteiger partial charge in [0.05, 0.1) is 19.8 Å². The lowest BCUT2D eigenvalue weighted by atomic mass is 10.1. The van der Waals surface area contributed by atoms with E-state index >= 15 is 0 Å². The zero-order valence-electron chi connectivity index (χ0n) is 11.1. The number of benzene rings is 1. The average molecular weight is 326 g/mol. The summed E-state index contributed by atoms with van der Waals surface area (Å²) in [6.07, 6.45) is 4.85. The number of halogens is 1. The fourth-order valence-corrected chi connectivity index (χ4v) is 3.38. The van der Waals surface area contributed by atoms with Crippen LogP contribution in [0.5, 0.6) is 5.75 Å². The van der Waals surface area contributed by atoms with E-state index < -0.39 is 0 Å². The molecule has 104 valence electrons. The third kappa shape index (κ3) is 3.30. The van der Waals surface area contributed by atoms with E-state index in [9.17, 15) is 0 Å². The van der Waals surface area contributed by atoms with Crippen LogP contribution < -0.4 is 10.1 Å². The Labute approximate surface area is 122 Å². The van der Waals surface area contributed by atoms with Crippen LogP contribution in [0.2, 0.25) is 0 Å². The van der Waals surface area contributed by atoms with Gasteiger partial charge in [-0.25, -0.2) is 0 Å². The van der Waals surface area contributed by atoms with Gasteiger partial charge in [0, 0.05) is 22.5 Å². The van der Waals surface area contributed by atoms with Gasteiger partial charge in [-0.3, -0.25) is 0 Å². The van der Waals surface area contributed by atoms with E-state index in [0.29, 0.717) is 12.6 Å². The third-order valence-electron chi connectivity index (χ3n) is 3.81. The molecule has 2 aliphatic rings. The van der Waals surface area contributed by atoms with E-state index in [1.165, 1.54) is 24.8 Å². The lowest BCUT2D eigenvalue weighted by molar-refractivity contribution is 0.0896. The van der Waals surface area contributed by atoms with Crippen molar-refractivity contribution in [3.63, 3.8) is 0 Å². The first kappa shape index (κ1) is 13.4. The summed E-state index contributed by atoms with van der Waals surface area (Å²) < 4.78 is 12.7. The average Bonchev–Trinajstić information content (AvgIpc) is 2.88. The largest absolute Gasteiger partial charge is 0.493 e. The van der Waals surface area contributed by atoms with Crippen LogP contribution in [-0.2, 0) is 17.8 Å². The van der Waals surface area contributed by atoms with Crippen LogP contribution in [0.15, 0.2) is 16.6 Å². The molecule has 1 N–H and O–H groups in total. The Morgan fingerprint density at radius 2 is 2.32 bits per heavy atom. The van der Waals surface area contributed by atoms with E-state index in [1.54, 1.807) is 0 Å². The lowest BCUT2D eigenvalue weighted by Gasteiger charge is -2.23. The van der Waals surface area contributed by atoms with Gasteiger partial charge in [0.25, 0.3) is 0 Å². The van der Waals surface area contributed by atoms with Gasteiger partial charge in [-0.1, -0.05) is 22.4 Å². The molecule has 1 fully saturated rings. The summed E-state index contributed by atoms with van der Waals surface area (Å²) in [4.78, 5) is 0. The molecule has 0 saturated carbocycles. The van der Waals surface area contributed by atoms with E-state index in [0.717, 1.165) is 42.0 Å². The predicted octanol–water partition coefficient (Wildman–Crippen LogP) is 3.04. The number of ether oxygens (including phenoxy) is 2. The first-order valence-electron chi connectivity index (χ1n) is 7.08. The van der Waals surface area contributed by atoms with Gasteiger partial charge >= 0.3 is 0 Å². The van der Waals surface area contributed by atoms with Crippen LogP contribution in [0, 0.1) is 0 Å².